The van der Waals surface area contributed by atoms with Crippen molar-refractivity contribution in [3.05, 3.63) is 77.1 Å². The first kappa shape index (κ1) is 17.1. The van der Waals surface area contributed by atoms with E-state index in [-0.39, 0.29) is 11.9 Å². The fraction of sp³-hybridized carbons (Fsp3) is 0.227. The minimum absolute atomic E-state index is 0.0430. The second-order valence-electron chi connectivity index (χ2n) is 7.07. The lowest BCUT2D eigenvalue weighted by Crippen LogP contribution is -2.30. The summed E-state index contributed by atoms with van der Waals surface area (Å²) in [6, 6.07) is 18.1. The van der Waals surface area contributed by atoms with Crippen molar-refractivity contribution in [1.29, 1.82) is 0 Å². The predicted octanol–water partition coefficient (Wildman–Crippen LogP) is 4.77. The van der Waals surface area contributed by atoms with Gasteiger partial charge in [-0.1, -0.05) is 30.3 Å². The maximum absolute atomic E-state index is 13.4. The van der Waals surface area contributed by atoms with E-state index in [1.54, 1.807) is 17.5 Å². The van der Waals surface area contributed by atoms with E-state index >= 15 is 0 Å². The molecule has 6 heteroatoms. The van der Waals surface area contributed by atoms with Crippen LogP contribution in [-0.4, -0.2) is 32.1 Å². The van der Waals surface area contributed by atoms with Gasteiger partial charge in [0.25, 0.3) is 5.91 Å². The Hall–Kier alpha value is -2.99. The molecule has 0 spiro atoms. The molecule has 1 fully saturated rings. The average Bonchev–Trinajstić information content (AvgIpc) is 3.45. The van der Waals surface area contributed by atoms with Crippen LogP contribution in [0.3, 0.4) is 0 Å². The van der Waals surface area contributed by atoms with Crippen LogP contribution in [-0.2, 0) is 0 Å². The summed E-state index contributed by atoms with van der Waals surface area (Å²) in [4.78, 5) is 20.1. The molecule has 5 nitrogen and oxygen atoms in total. The van der Waals surface area contributed by atoms with Gasteiger partial charge < -0.3 is 4.90 Å². The lowest BCUT2D eigenvalue weighted by molar-refractivity contribution is 0.0735. The highest BCUT2D eigenvalue weighted by atomic mass is 32.1. The van der Waals surface area contributed by atoms with Crippen molar-refractivity contribution in [2.45, 2.75) is 25.8 Å². The van der Waals surface area contributed by atoms with Gasteiger partial charge >= 0.3 is 0 Å². The van der Waals surface area contributed by atoms with Crippen LogP contribution < -0.4 is 0 Å². The Morgan fingerprint density at radius 2 is 1.89 bits per heavy atom. The van der Waals surface area contributed by atoms with Crippen LogP contribution in [0.1, 0.15) is 39.9 Å². The zero-order valence-corrected chi connectivity index (χ0v) is 16.4. The minimum atomic E-state index is 0.0430. The summed E-state index contributed by atoms with van der Waals surface area (Å²) in [5.41, 5.74) is 3.50. The van der Waals surface area contributed by atoms with E-state index in [9.17, 15) is 4.79 Å². The summed E-state index contributed by atoms with van der Waals surface area (Å²) in [5.74, 6) is 0.0430. The molecule has 1 atom stereocenters. The SMILES string of the molecule is Cc1c(C(=O)N2CCCC2c2nc3ccccc3s2)cnn1-c1ccccc1. The van der Waals surface area contributed by atoms with Crippen LogP contribution in [0.5, 0.6) is 0 Å². The van der Waals surface area contributed by atoms with Crippen molar-refractivity contribution in [3.63, 3.8) is 0 Å². The first-order valence-corrected chi connectivity index (χ1v) is 10.3. The fourth-order valence-electron chi connectivity index (χ4n) is 3.90. The molecule has 1 aliphatic rings. The summed E-state index contributed by atoms with van der Waals surface area (Å²) >= 11 is 1.69. The smallest absolute Gasteiger partial charge is 0.257 e. The van der Waals surface area contributed by atoms with Gasteiger partial charge in [0.05, 0.1) is 39.4 Å². The highest BCUT2D eigenvalue weighted by molar-refractivity contribution is 7.18. The molecule has 3 heterocycles. The Morgan fingerprint density at radius 3 is 2.71 bits per heavy atom. The van der Waals surface area contributed by atoms with E-state index < -0.39 is 0 Å². The first-order chi connectivity index (χ1) is 13.7. The lowest BCUT2D eigenvalue weighted by atomic mass is 10.2. The molecular formula is C22H20N4OS. The predicted molar refractivity (Wildman–Crippen MR) is 111 cm³/mol. The normalized spacial score (nSPS) is 16.8. The van der Waals surface area contributed by atoms with E-state index in [1.165, 1.54) is 4.70 Å². The molecular weight excluding hydrogens is 368 g/mol. The molecule has 1 saturated heterocycles. The van der Waals surface area contributed by atoms with Gasteiger partial charge in [-0.25, -0.2) is 9.67 Å². The van der Waals surface area contributed by atoms with Gasteiger partial charge in [0.2, 0.25) is 0 Å². The van der Waals surface area contributed by atoms with Crippen LogP contribution in [0, 0.1) is 6.92 Å². The highest BCUT2D eigenvalue weighted by Gasteiger charge is 2.34. The van der Waals surface area contributed by atoms with Crippen LogP contribution in [0.15, 0.2) is 60.8 Å². The number of likely N-dealkylation sites (tertiary alicyclic amines) is 1. The number of carbonyl (C=O) groups excluding carboxylic acids is 1. The molecule has 4 aromatic rings. The molecule has 140 valence electrons. The number of nitrogens with zero attached hydrogens (tertiary/aromatic N) is 4. The number of thiazole rings is 1. The topological polar surface area (TPSA) is 51.0 Å². The summed E-state index contributed by atoms with van der Waals surface area (Å²) in [6.45, 7) is 2.71. The maximum Gasteiger partial charge on any atom is 0.257 e. The maximum atomic E-state index is 13.4. The number of benzene rings is 2. The standard InChI is InChI=1S/C22H20N4OS/c1-15-17(14-23-26(15)16-8-3-2-4-9-16)22(27)25-13-7-11-19(25)21-24-18-10-5-6-12-20(18)28-21/h2-6,8-10,12,14,19H,7,11,13H2,1H3. The number of amides is 1. The Morgan fingerprint density at radius 1 is 1.11 bits per heavy atom. The number of hydrogen-bond donors (Lipinski definition) is 0. The van der Waals surface area contributed by atoms with E-state index in [4.69, 9.17) is 4.98 Å². The third kappa shape index (κ3) is 2.81. The van der Waals surface area contributed by atoms with Gasteiger partial charge in [-0.2, -0.15) is 5.10 Å². The van der Waals surface area contributed by atoms with E-state index in [1.807, 2.05) is 65.0 Å². The molecule has 0 radical (unpaired) electrons. The first-order valence-electron chi connectivity index (χ1n) is 9.49. The Balaban J connectivity index is 1.47. The van der Waals surface area contributed by atoms with Crippen molar-refractivity contribution >= 4 is 27.5 Å². The summed E-state index contributed by atoms with van der Waals surface area (Å²) in [5, 5.41) is 5.50. The number of aromatic nitrogens is 3. The van der Waals surface area contributed by atoms with Crippen LogP contribution in [0.4, 0.5) is 0 Å². The van der Waals surface area contributed by atoms with Crippen molar-refractivity contribution in [3.8, 4) is 5.69 Å². The Bertz CT molecular complexity index is 1110. The molecule has 5 rings (SSSR count). The molecule has 28 heavy (non-hydrogen) atoms. The molecule has 1 amide bonds. The molecule has 0 bridgehead atoms. The number of rotatable bonds is 3. The van der Waals surface area contributed by atoms with Crippen molar-refractivity contribution < 1.29 is 4.79 Å². The van der Waals surface area contributed by atoms with Crippen molar-refractivity contribution in [2.24, 2.45) is 0 Å². The summed E-state index contributed by atoms with van der Waals surface area (Å²) in [7, 11) is 0. The second-order valence-corrected chi connectivity index (χ2v) is 8.13. The third-order valence-electron chi connectivity index (χ3n) is 5.35. The molecule has 0 saturated carbocycles. The summed E-state index contributed by atoms with van der Waals surface area (Å²) < 4.78 is 3.00. The van der Waals surface area contributed by atoms with Crippen molar-refractivity contribution in [1.82, 2.24) is 19.7 Å². The molecule has 2 aromatic heterocycles. The summed E-state index contributed by atoms with van der Waals surface area (Å²) in [6.07, 6.45) is 3.65. The molecule has 0 N–H and O–H groups in total. The van der Waals surface area contributed by atoms with Crippen molar-refractivity contribution in [2.75, 3.05) is 6.54 Å². The van der Waals surface area contributed by atoms with Gasteiger partial charge in [-0.15, -0.1) is 11.3 Å². The monoisotopic (exact) mass is 388 g/mol. The lowest BCUT2D eigenvalue weighted by Gasteiger charge is -2.23. The van der Waals surface area contributed by atoms with Gasteiger partial charge in [0.15, 0.2) is 0 Å². The highest BCUT2D eigenvalue weighted by Crippen LogP contribution is 2.37. The van der Waals surface area contributed by atoms with Gasteiger partial charge in [-0.05, 0) is 44.0 Å². The van der Waals surface area contributed by atoms with Gasteiger partial charge in [0.1, 0.15) is 5.01 Å². The number of hydrogen-bond acceptors (Lipinski definition) is 4. The van der Waals surface area contributed by atoms with Gasteiger partial charge in [0, 0.05) is 6.54 Å². The molecule has 1 aliphatic heterocycles. The van der Waals surface area contributed by atoms with E-state index in [0.717, 1.165) is 41.3 Å². The average molecular weight is 388 g/mol. The second kappa shape index (κ2) is 6.87. The third-order valence-corrected chi connectivity index (χ3v) is 6.49. The minimum Gasteiger partial charge on any atom is -0.329 e. The Labute approximate surface area is 167 Å². The Kier molecular flexibility index (Phi) is 4.20. The van der Waals surface area contributed by atoms with E-state index in [0.29, 0.717) is 5.56 Å². The van der Waals surface area contributed by atoms with Gasteiger partial charge in [-0.3, -0.25) is 4.79 Å². The fourth-order valence-corrected chi connectivity index (χ4v) is 5.02. The van der Waals surface area contributed by atoms with E-state index in [2.05, 4.69) is 11.2 Å². The zero-order valence-electron chi connectivity index (χ0n) is 15.6. The molecule has 2 aromatic carbocycles. The van der Waals surface area contributed by atoms with Crippen LogP contribution in [0.25, 0.3) is 15.9 Å². The zero-order chi connectivity index (χ0) is 19.1. The largest absolute Gasteiger partial charge is 0.329 e. The van der Waals surface area contributed by atoms with Crippen LogP contribution in [0.2, 0.25) is 0 Å². The number of carbonyl (C=O) groups is 1. The van der Waals surface area contributed by atoms with Crippen LogP contribution >= 0.6 is 11.3 Å². The molecule has 1 unspecified atom stereocenters. The quantitative estimate of drug-likeness (QED) is 0.508. The number of para-hydroxylation sites is 2. The number of fused-ring (bicyclic) bond motifs is 1. The molecule has 0 aliphatic carbocycles.